The number of likely N-dealkylation sites (N-methyl/N-ethyl adjacent to an activating group) is 2. The van der Waals surface area contributed by atoms with Crippen LogP contribution in [0.1, 0.15) is 68.3 Å². The summed E-state index contributed by atoms with van der Waals surface area (Å²) < 4.78 is 38.8. The molecule has 0 spiro atoms. The average molecular weight is 807 g/mol. The van der Waals surface area contributed by atoms with E-state index in [0.29, 0.717) is 59.6 Å². The van der Waals surface area contributed by atoms with Crippen LogP contribution in [0.5, 0.6) is 0 Å². The molecule has 0 fully saturated rings. The second-order valence-electron chi connectivity index (χ2n) is 15.4. The Morgan fingerprint density at radius 3 is 1.32 bits per heavy atom. The predicted octanol–water partition coefficient (Wildman–Crippen LogP) is 6.23. The molecule has 0 bridgehead atoms. The summed E-state index contributed by atoms with van der Waals surface area (Å²) in [5.74, 6) is -3.86. The van der Waals surface area contributed by atoms with Gasteiger partial charge >= 0.3 is 11.9 Å². The second kappa shape index (κ2) is 16.4. The lowest BCUT2D eigenvalue weighted by molar-refractivity contribution is -0.176. The quantitative estimate of drug-likeness (QED) is 0.103. The lowest BCUT2D eigenvalue weighted by Gasteiger charge is -2.34. The molecule has 2 heterocycles. The van der Waals surface area contributed by atoms with Crippen LogP contribution < -0.4 is 10.6 Å². The van der Waals surface area contributed by atoms with E-state index in [1.165, 1.54) is 48.5 Å². The van der Waals surface area contributed by atoms with Crippen LogP contribution in [-0.2, 0) is 31.9 Å². The Balaban J connectivity index is 0.00000528. The maximum Gasteiger partial charge on any atom is 0.418 e. The fourth-order valence-electron chi connectivity index (χ4n) is 8.01. The summed E-state index contributed by atoms with van der Waals surface area (Å²) in [5.41, 5.74) is 6.40. The van der Waals surface area contributed by atoms with Crippen LogP contribution in [0, 0.1) is 11.6 Å². The SMILES string of the molecule is CN(C)C1Cc2c([nH]c3ccc(NC(=O)c4ccc(F)cc4)cc23)C(OC(=O)C(=O)OC2CC(N(C)C)Cc3c2[nH]c2ccc(NC(=O)c4ccc(F)cc4)cc32)C1.O. The molecule has 0 aliphatic heterocycles. The first kappa shape index (κ1) is 40.8. The van der Waals surface area contributed by atoms with Gasteiger partial charge in [0.15, 0.2) is 0 Å². The second-order valence-corrected chi connectivity index (χ2v) is 15.4. The Morgan fingerprint density at radius 2 is 0.966 bits per heavy atom. The van der Waals surface area contributed by atoms with E-state index in [1.807, 2.05) is 62.3 Å². The molecule has 2 amide bonds. The maximum atomic E-state index is 13.6. The highest BCUT2D eigenvalue weighted by Gasteiger charge is 2.38. The highest BCUT2D eigenvalue weighted by molar-refractivity contribution is 6.29. The molecular formula is C44H44F2N6O7. The van der Waals surface area contributed by atoms with Crippen molar-refractivity contribution in [2.45, 2.75) is 50.0 Å². The number of hydrogen-bond donors (Lipinski definition) is 4. The summed E-state index contributed by atoms with van der Waals surface area (Å²) in [5, 5.41) is 7.42. The van der Waals surface area contributed by atoms with Crippen molar-refractivity contribution >= 4 is 56.9 Å². The number of esters is 2. The van der Waals surface area contributed by atoms with E-state index < -0.39 is 35.8 Å². The number of rotatable bonds is 8. The summed E-state index contributed by atoms with van der Waals surface area (Å²) >= 11 is 0. The van der Waals surface area contributed by atoms with Gasteiger partial charge in [0.25, 0.3) is 11.8 Å². The smallest absolute Gasteiger partial charge is 0.418 e. The number of hydrogen-bond acceptors (Lipinski definition) is 8. The van der Waals surface area contributed by atoms with E-state index in [0.717, 1.165) is 32.9 Å². The fourth-order valence-corrected chi connectivity index (χ4v) is 8.01. The third-order valence-corrected chi connectivity index (χ3v) is 11.2. The highest BCUT2D eigenvalue weighted by atomic mass is 19.1. The Labute approximate surface area is 338 Å². The minimum Gasteiger partial charge on any atom is -0.447 e. The Bertz CT molecular complexity index is 2390. The number of nitrogens with zero attached hydrogens (tertiary/aromatic N) is 2. The molecule has 306 valence electrons. The third-order valence-electron chi connectivity index (χ3n) is 11.2. The first-order valence-corrected chi connectivity index (χ1v) is 19.0. The molecule has 13 nitrogen and oxygen atoms in total. The first-order chi connectivity index (χ1) is 27.8. The van der Waals surface area contributed by atoms with Crippen molar-refractivity contribution in [1.82, 2.24) is 19.8 Å². The van der Waals surface area contributed by atoms with Crippen LogP contribution in [0.4, 0.5) is 20.2 Å². The zero-order chi connectivity index (χ0) is 40.8. The van der Waals surface area contributed by atoms with Crippen molar-refractivity contribution in [1.29, 1.82) is 0 Å². The van der Waals surface area contributed by atoms with Gasteiger partial charge in [0, 0.05) is 69.2 Å². The maximum absolute atomic E-state index is 13.6. The van der Waals surface area contributed by atoms with Crippen LogP contribution in [-0.4, -0.2) is 89.3 Å². The van der Waals surface area contributed by atoms with Crippen molar-refractivity contribution in [2.75, 3.05) is 38.8 Å². The van der Waals surface area contributed by atoms with Gasteiger partial charge in [-0.15, -0.1) is 0 Å². The third kappa shape index (κ3) is 8.30. The summed E-state index contributed by atoms with van der Waals surface area (Å²) in [6.45, 7) is 0. The van der Waals surface area contributed by atoms with Gasteiger partial charge in [-0.25, -0.2) is 18.4 Å². The number of benzene rings is 4. The minimum absolute atomic E-state index is 0. The number of amides is 2. The van der Waals surface area contributed by atoms with Gasteiger partial charge in [0.1, 0.15) is 23.8 Å². The molecule has 6 N–H and O–H groups in total. The molecule has 6 aromatic rings. The normalized spacial score (nSPS) is 18.5. The van der Waals surface area contributed by atoms with Crippen LogP contribution in [0.15, 0.2) is 84.9 Å². The minimum atomic E-state index is -1.11. The van der Waals surface area contributed by atoms with Gasteiger partial charge < -0.3 is 45.4 Å². The standard InChI is InChI=1S/C44H42F2N6O6.H2O/c1-51(2)29-19-33-31-17-27(47-41(53)23-5-9-25(45)10-6-23)13-15-35(31)49-39(33)37(21-29)57-43(55)44(56)58-38-22-30(52(3)4)20-34-32-18-28(14-16-36(32)50-40(34)38)48-42(54)24-7-11-26(46)12-8-24;/h5-18,29-30,37-38,49-50H,19-22H2,1-4H3,(H,47,53)(H,48,54);1H2. The number of halogens is 2. The van der Waals surface area contributed by atoms with Crippen LogP contribution in [0.25, 0.3) is 21.8 Å². The van der Waals surface area contributed by atoms with E-state index >= 15 is 0 Å². The van der Waals surface area contributed by atoms with Gasteiger partial charge in [-0.1, -0.05) is 0 Å². The van der Waals surface area contributed by atoms with Crippen molar-refractivity contribution in [2.24, 2.45) is 0 Å². The van der Waals surface area contributed by atoms with Crippen LogP contribution in [0.3, 0.4) is 0 Å². The number of nitrogens with one attached hydrogen (secondary N) is 4. The molecule has 2 aliphatic carbocycles. The molecule has 2 aliphatic rings. The van der Waals surface area contributed by atoms with Crippen LogP contribution >= 0.6 is 0 Å². The van der Waals surface area contributed by atoms with E-state index in [9.17, 15) is 28.0 Å². The Morgan fingerprint density at radius 1 is 0.593 bits per heavy atom. The van der Waals surface area contributed by atoms with E-state index in [2.05, 4.69) is 20.6 Å². The van der Waals surface area contributed by atoms with Gasteiger partial charge in [-0.3, -0.25) is 9.59 Å². The molecule has 0 saturated carbocycles. The zero-order valence-corrected chi connectivity index (χ0v) is 32.8. The largest absolute Gasteiger partial charge is 0.447 e. The molecule has 4 atom stereocenters. The average Bonchev–Trinajstić information content (AvgIpc) is 3.76. The van der Waals surface area contributed by atoms with Gasteiger partial charge in [-0.05, 0) is 137 Å². The number of carbonyl (C=O) groups excluding carboxylic acids is 4. The Kier molecular flexibility index (Phi) is 11.4. The van der Waals surface area contributed by atoms with Crippen molar-refractivity contribution in [3.63, 3.8) is 0 Å². The van der Waals surface area contributed by atoms with Crippen molar-refractivity contribution in [3.8, 4) is 0 Å². The van der Waals surface area contributed by atoms with E-state index in [4.69, 9.17) is 9.47 Å². The number of carbonyl (C=O) groups is 4. The van der Waals surface area contributed by atoms with Crippen molar-refractivity contribution < 1.29 is 42.9 Å². The number of fused-ring (bicyclic) bond motifs is 6. The van der Waals surface area contributed by atoms with Crippen LogP contribution in [0.2, 0.25) is 0 Å². The van der Waals surface area contributed by atoms with Crippen molar-refractivity contribution in [3.05, 3.63) is 130 Å². The lowest BCUT2D eigenvalue weighted by Crippen LogP contribution is -2.38. The molecule has 0 saturated heterocycles. The summed E-state index contributed by atoms with van der Waals surface area (Å²) in [6, 6.07) is 21.4. The number of aromatic amines is 2. The van der Waals surface area contributed by atoms with E-state index in [1.54, 1.807) is 12.1 Å². The molecule has 4 aromatic carbocycles. The predicted molar refractivity (Wildman–Crippen MR) is 218 cm³/mol. The highest BCUT2D eigenvalue weighted by Crippen LogP contribution is 2.41. The molecule has 59 heavy (non-hydrogen) atoms. The van der Waals surface area contributed by atoms with E-state index in [-0.39, 0.29) is 29.4 Å². The molecule has 2 aromatic heterocycles. The lowest BCUT2D eigenvalue weighted by atomic mass is 9.88. The number of ether oxygens (including phenoxy) is 2. The number of anilines is 2. The molecule has 8 rings (SSSR count). The summed E-state index contributed by atoms with van der Waals surface area (Å²) in [6.07, 6.45) is 0.551. The molecule has 0 radical (unpaired) electrons. The topological polar surface area (TPSA) is 180 Å². The monoisotopic (exact) mass is 806 g/mol. The van der Waals surface area contributed by atoms with Gasteiger partial charge in [0.2, 0.25) is 0 Å². The number of H-pyrrole nitrogens is 2. The van der Waals surface area contributed by atoms with Gasteiger partial charge in [0.05, 0.1) is 11.4 Å². The fraction of sp³-hybridized carbons (Fsp3) is 0.273. The zero-order valence-electron chi connectivity index (χ0n) is 32.8. The molecule has 4 unspecified atom stereocenters. The number of aromatic nitrogens is 2. The Hall–Kier alpha value is -6.42. The summed E-state index contributed by atoms with van der Waals surface area (Å²) in [4.78, 5) is 63.9. The first-order valence-electron chi connectivity index (χ1n) is 19.0. The summed E-state index contributed by atoms with van der Waals surface area (Å²) in [7, 11) is 7.76. The van der Waals surface area contributed by atoms with Gasteiger partial charge in [-0.2, -0.15) is 0 Å². The molecular weight excluding hydrogens is 763 g/mol. The molecule has 15 heteroatoms.